The molecule has 0 aliphatic carbocycles. The molecule has 0 saturated heterocycles. The van der Waals surface area contributed by atoms with Crippen molar-refractivity contribution in [1.29, 1.82) is 0 Å². The standard InChI is InChI=1S/C10H15BrN2O2/c11-9-3-7(4-12)1-2-10(9)13-8(5-14)6-15/h1-3,8,13-15H,4-6,12H2. The van der Waals surface area contributed by atoms with E-state index in [1.807, 2.05) is 18.2 Å². The summed E-state index contributed by atoms with van der Waals surface area (Å²) in [6.45, 7) is 0.269. The Labute approximate surface area is 97.2 Å². The van der Waals surface area contributed by atoms with Gasteiger partial charge in [0.05, 0.1) is 19.3 Å². The molecule has 1 aromatic rings. The molecule has 4 nitrogen and oxygen atoms in total. The Morgan fingerprint density at radius 2 is 2.00 bits per heavy atom. The lowest BCUT2D eigenvalue weighted by atomic mass is 10.2. The predicted molar refractivity (Wildman–Crippen MR) is 63.6 cm³/mol. The number of anilines is 1. The molecule has 5 heteroatoms. The molecule has 0 amide bonds. The van der Waals surface area contributed by atoms with E-state index in [0.717, 1.165) is 15.7 Å². The summed E-state index contributed by atoms with van der Waals surface area (Å²) in [6.07, 6.45) is 0. The largest absolute Gasteiger partial charge is 0.394 e. The van der Waals surface area contributed by atoms with Crippen LogP contribution in [0.3, 0.4) is 0 Å². The summed E-state index contributed by atoms with van der Waals surface area (Å²) in [4.78, 5) is 0. The van der Waals surface area contributed by atoms with Crippen molar-refractivity contribution in [2.45, 2.75) is 12.6 Å². The van der Waals surface area contributed by atoms with Crippen LogP contribution in [0.5, 0.6) is 0 Å². The first-order valence-electron chi connectivity index (χ1n) is 4.68. The second-order valence-electron chi connectivity index (χ2n) is 3.22. The third kappa shape index (κ3) is 3.46. The van der Waals surface area contributed by atoms with E-state index in [0.29, 0.717) is 6.54 Å². The SMILES string of the molecule is NCc1ccc(NC(CO)CO)c(Br)c1. The Kier molecular flexibility index (Phi) is 5.04. The molecule has 5 N–H and O–H groups in total. The predicted octanol–water partition coefficient (Wildman–Crippen LogP) is 0.673. The summed E-state index contributed by atoms with van der Waals surface area (Å²) >= 11 is 3.39. The number of rotatable bonds is 5. The molecular formula is C10H15BrN2O2. The summed E-state index contributed by atoms with van der Waals surface area (Å²) in [5, 5.41) is 20.9. The van der Waals surface area contributed by atoms with Crippen LogP contribution >= 0.6 is 15.9 Å². The van der Waals surface area contributed by atoms with Gasteiger partial charge in [0.25, 0.3) is 0 Å². The fourth-order valence-corrected chi connectivity index (χ4v) is 1.71. The molecule has 0 aromatic heterocycles. The lowest BCUT2D eigenvalue weighted by Gasteiger charge is -2.16. The fraction of sp³-hybridized carbons (Fsp3) is 0.400. The third-order valence-electron chi connectivity index (χ3n) is 2.07. The van der Waals surface area contributed by atoms with Crippen LogP contribution in [0, 0.1) is 0 Å². The van der Waals surface area contributed by atoms with Gasteiger partial charge in [0.2, 0.25) is 0 Å². The second kappa shape index (κ2) is 6.07. The van der Waals surface area contributed by atoms with Gasteiger partial charge >= 0.3 is 0 Å². The monoisotopic (exact) mass is 274 g/mol. The highest BCUT2D eigenvalue weighted by molar-refractivity contribution is 9.10. The van der Waals surface area contributed by atoms with E-state index in [-0.39, 0.29) is 19.3 Å². The first-order chi connectivity index (χ1) is 7.21. The van der Waals surface area contributed by atoms with E-state index in [1.165, 1.54) is 0 Å². The van der Waals surface area contributed by atoms with E-state index in [2.05, 4.69) is 21.2 Å². The summed E-state index contributed by atoms with van der Waals surface area (Å²) in [5.74, 6) is 0. The number of halogens is 1. The second-order valence-corrected chi connectivity index (χ2v) is 4.08. The van der Waals surface area contributed by atoms with Crippen molar-refractivity contribution in [1.82, 2.24) is 0 Å². The number of aliphatic hydroxyl groups excluding tert-OH is 2. The van der Waals surface area contributed by atoms with Gasteiger partial charge in [-0.3, -0.25) is 0 Å². The highest BCUT2D eigenvalue weighted by Crippen LogP contribution is 2.24. The van der Waals surface area contributed by atoms with E-state index < -0.39 is 0 Å². The van der Waals surface area contributed by atoms with Crippen molar-refractivity contribution in [3.8, 4) is 0 Å². The molecule has 0 spiro atoms. The van der Waals surface area contributed by atoms with Gasteiger partial charge in [-0.05, 0) is 33.6 Å². The van der Waals surface area contributed by atoms with Gasteiger partial charge in [-0.1, -0.05) is 6.07 Å². The molecule has 0 heterocycles. The fourth-order valence-electron chi connectivity index (χ4n) is 1.17. The van der Waals surface area contributed by atoms with Crippen LogP contribution < -0.4 is 11.1 Å². The van der Waals surface area contributed by atoms with Gasteiger partial charge in [-0.2, -0.15) is 0 Å². The zero-order chi connectivity index (χ0) is 11.3. The summed E-state index contributed by atoms with van der Waals surface area (Å²) in [5.41, 5.74) is 7.36. The third-order valence-corrected chi connectivity index (χ3v) is 2.73. The van der Waals surface area contributed by atoms with Crippen LogP contribution in [-0.2, 0) is 6.54 Å². The molecule has 84 valence electrons. The van der Waals surface area contributed by atoms with Crippen LogP contribution in [0.4, 0.5) is 5.69 Å². The number of nitrogens with two attached hydrogens (primary N) is 1. The number of hydrogen-bond acceptors (Lipinski definition) is 4. The maximum Gasteiger partial charge on any atom is 0.0723 e. The molecule has 0 fully saturated rings. The molecule has 0 aliphatic heterocycles. The molecule has 15 heavy (non-hydrogen) atoms. The first-order valence-corrected chi connectivity index (χ1v) is 5.47. The van der Waals surface area contributed by atoms with Crippen molar-refractivity contribution in [3.63, 3.8) is 0 Å². The van der Waals surface area contributed by atoms with Gasteiger partial charge in [0, 0.05) is 16.7 Å². The molecule has 0 aliphatic rings. The molecule has 1 rings (SSSR count). The van der Waals surface area contributed by atoms with Crippen molar-refractivity contribution in [2.24, 2.45) is 5.73 Å². The van der Waals surface area contributed by atoms with Crippen LogP contribution in [0.25, 0.3) is 0 Å². The average molecular weight is 275 g/mol. The van der Waals surface area contributed by atoms with E-state index in [1.54, 1.807) is 0 Å². The van der Waals surface area contributed by atoms with Gasteiger partial charge in [-0.25, -0.2) is 0 Å². The summed E-state index contributed by atoms with van der Waals surface area (Å²) < 4.78 is 0.873. The molecule has 0 atom stereocenters. The summed E-state index contributed by atoms with van der Waals surface area (Å²) in [7, 11) is 0. The van der Waals surface area contributed by atoms with Gasteiger partial charge in [0.1, 0.15) is 0 Å². The van der Waals surface area contributed by atoms with E-state index in [9.17, 15) is 0 Å². The van der Waals surface area contributed by atoms with Gasteiger partial charge in [0.15, 0.2) is 0 Å². The van der Waals surface area contributed by atoms with Crippen LogP contribution in [0.2, 0.25) is 0 Å². The molecule has 0 saturated carbocycles. The van der Waals surface area contributed by atoms with Crippen molar-refractivity contribution >= 4 is 21.6 Å². The minimum absolute atomic E-state index is 0.110. The topological polar surface area (TPSA) is 78.5 Å². The Balaban J connectivity index is 2.77. The molecule has 0 unspecified atom stereocenters. The zero-order valence-electron chi connectivity index (χ0n) is 8.28. The van der Waals surface area contributed by atoms with Gasteiger partial charge in [-0.15, -0.1) is 0 Å². The first kappa shape index (κ1) is 12.4. The minimum Gasteiger partial charge on any atom is -0.394 e. The zero-order valence-corrected chi connectivity index (χ0v) is 9.87. The number of benzene rings is 1. The normalized spacial score (nSPS) is 10.7. The van der Waals surface area contributed by atoms with Crippen LogP contribution in [0.15, 0.2) is 22.7 Å². The quantitative estimate of drug-likeness (QED) is 0.637. The lowest BCUT2D eigenvalue weighted by molar-refractivity contribution is 0.204. The number of hydrogen-bond donors (Lipinski definition) is 4. The molecule has 0 radical (unpaired) electrons. The Morgan fingerprint density at radius 1 is 1.33 bits per heavy atom. The number of aliphatic hydroxyl groups is 2. The Hall–Kier alpha value is -0.620. The maximum absolute atomic E-state index is 8.92. The van der Waals surface area contributed by atoms with Crippen molar-refractivity contribution < 1.29 is 10.2 Å². The highest BCUT2D eigenvalue weighted by atomic mass is 79.9. The van der Waals surface area contributed by atoms with Crippen LogP contribution in [0.1, 0.15) is 5.56 Å². The summed E-state index contributed by atoms with van der Waals surface area (Å²) in [6, 6.07) is 5.34. The smallest absolute Gasteiger partial charge is 0.0723 e. The van der Waals surface area contributed by atoms with Crippen LogP contribution in [-0.4, -0.2) is 29.5 Å². The molecular weight excluding hydrogens is 260 g/mol. The average Bonchev–Trinajstić information content (AvgIpc) is 2.27. The van der Waals surface area contributed by atoms with E-state index in [4.69, 9.17) is 15.9 Å². The Morgan fingerprint density at radius 3 is 2.47 bits per heavy atom. The minimum atomic E-state index is -0.343. The molecule has 0 bridgehead atoms. The Bertz CT molecular complexity index is 316. The highest BCUT2D eigenvalue weighted by Gasteiger charge is 2.07. The molecule has 1 aromatic carbocycles. The number of nitrogens with one attached hydrogen (secondary N) is 1. The maximum atomic E-state index is 8.92. The van der Waals surface area contributed by atoms with Gasteiger partial charge < -0.3 is 21.3 Å². The van der Waals surface area contributed by atoms with E-state index >= 15 is 0 Å². The van der Waals surface area contributed by atoms with Crippen molar-refractivity contribution in [2.75, 3.05) is 18.5 Å². The lowest BCUT2D eigenvalue weighted by Crippen LogP contribution is -2.27. The van der Waals surface area contributed by atoms with Crippen molar-refractivity contribution in [3.05, 3.63) is 28.2 Å².